The summed E-state index contributed by atoms with van der Waals surface area (Å²) >= 11 is 0. The van der Waals surface area contributed by atoms with Gasteiger partial charge in [-0.25, -0.2) is 9.79 Å². The fourth-order valence-corrected chi connectivity index (χ4v) is 3.78. The van der Waals surface area contributed by atoms with E-state index in [1.165, 1.54) is 0 Å². The Kier molecular flexibility index (Phi) is 4.44. The third kappa shape index (κ3) is 3.18. The van der Waals surface area contributed by atoms with Crippen LogP contribution in [0.2, 0.25) is 0 Å². The summed E-state index contributed by atoms with van der Waals surface area (Å²) in [5.74, 6) is 1.30. The minimum Gasteiger partial charge on any atom is -0.497 e. The first-order valence-electron chi connectivity index (χ1n) is 9.69. The van der Waals surface area contributed by atoms with Gasteiger partial charge in [-0.05, 0) is 35.4 Å². The molecular formula is C24H20N4O2. The molecule has 2 heterocycles. The van der Waals surface area contributed by atoms with Gasteiger partial charge in [0.2, 0.25) is 0 Å². The molecule has 1 atom stereocenters. The zero-order valence-electron chi connectivity index (χ0n) is 16.3. The van der Waals surface area contributed by atoms with Crippen LogP contribution < -0.4 is 20.7 Å². The summed E-state index contributed by atoms with van der Waals surface area (Å²) < 4.78 is 5.29. The molecule has 0 saturated carbocycles. The van der Waals surface area contributed by atoms with Crippen LogP contribution in [0.25, 0.3) is 5.70 Å². The summed E-state index contributed by atoms with van der Waals surface area (Å²) in [7, 11) is 1.63. The molecule has 2 aliphatic heterocycles. The number of anilines is 1. The quantitative estimate of drug-likeness (QED) is 0.605. The number of ether oxygens (including phenoxy) is 1. The van der Waals surface area contributed by atoms with Crippen LogP contribution in [0, 0.1) is 0 Å². The molecule has 6 heteroatoms. The zero-order chi connectivity index (χ0) is 20.5. The van der Waals surface area contributed by atoms with E-state index in [4.69, 9.17) is 9.73 Å². The number of nitrogens with one attached hydrogen (secondary N) is 3. The van der Waals surface area contributed by atoms with Crippen molar-refractivity contribution in [3.8, 4) is 5.75 Å². The molecule has 3 N–H and O–H groups in total. The summed E-state index contributed by atoms with van der Waals surface area (Å²) in [5, 5.41) is 9.51. The minimum absolute atomic E-state index is 0.287. The van der Waals surface area contributed by atoms with Crippen molar-refractivity contribution in [2.24, 2.45) is 4.99 Å². The van der Waals surface area contributed by atoms with Crippen molar-refractivity contribution in [3.05, 3.63) is 95.6 Å². The SMILES string of the molecule is COc1ccc([C@@H]2NC(=O)NC3=Nc4ccccc4NC(c4ccccc4)=C32)cc1. The lowest BCUT2D eigenvalue weighted by Crippen LogP contribution is -2.50. The first kappa shape index (κ1) is 18.0. The lowest BCUT2D eigenvalue weighted by Gasteiger charge is -2.30. The number of hydrogen-bond donors (Lipinski definition) is 3. The average Bonchev–Trinajstić information content (AvgIpc) is 2.95. The van der Waals surface area contributed by atoms with Gasteiger partial charge < -0.3 is 15.4 Å². The maximum absolute atomic E-state index is 12.5. The van der Waals surface area contributed by atoms with Crippen molar-refractivity contribution in [2.45, 2.75) is 6.04 Å². The van der Waals surface area contributed by atoms with Gasteiger partial charge in [-0.3, -0.25) is 5.32 Å². The molecule has 3 aromatic carbocycles. The van der Waals surface area contributed by atoms with Gasteiger partial charge in [0.25, 0.3) is 0 Å². The molecule has 6 nitrogen and oxygen atoms in total. The van der Waals surface area contributed by atoms with Crippen LogP contribution in [-0.2, 0) is 0 Å². The number of nitrogens with zero attached hydrogens (tertiary/aromatic N) is 1. The van der Waals surface area contributed by atoms with E-state index >= 15 is 0 Å². The number of aliphatic imine (C=N–C) groups is 1. The van der Waals surface area contributed by atoms with Crippen LogP contribution in [0.4, 0.5) is 16.2 Å². The molecule has 30 heavy (non-hydrogen) atoms. The standard InChI is InChI=1S/C24H20N4O2/c1-30-17-13-11-16(12-14-17)22-20-21(15-7-3-2-4-8-15)25-18-9-5-6-10-19(18)26-23(20)28-24(29)27-22/h2-14,22,25H,1H3,(H2,26,27,28,29)/t22-/m0/s1. The highest BCUT2D eigenvalue weighted by molar-refractivity contribution is 6.18. The van der Waals surface area contributed by atoms with Crippen molar-refractivity contribution in [1.29, 1.82) is 0 Å². The van der Waals surface area contributed by atoms with Gasteiger partial charge in [0.15, 0.2) is 0 Å². The smallest absolute Gasteiger partial charge is 0.321 e. The predicted molar refractivity (Wildman–Crippen MR) is 118 cm³/mol. The number of amides is 2. The predicted octanol–water partition coefficient (Wildman–Crippen LogP) is 4.62. The largest absolute Gasteiger partial charge is 0.497 e. The summed E-state index contributed by atoms with van der Waals surface area (Å²) in [6, 6.07) is 24.9. The Morgan fingerprint density at radius 1 is 0.867 bits per heavy atom. The van der Waals surface area contributed by atoms with E-state index in [0.29, 0.717) is 5.84 Å². The zero-order valence-corrected chi connectivity index (χ0v) is 16.3. The van der Waals surface area contributed by atoms with Crippen LogP contribution in [0.15, 0.2) is 89.4 Å². The molecule has 2 amide bonds. The third-order valence-corrected chi connectivity index (χ3v) is 5.23. The molecule has 0 aliphatic carbocycles. The van der Waals surface area contributed by atoms with E-state index in [1.54, 1.807) is 7.11 Å². The molecule has 0 radical (unpaired) electrons. The fourth-order valence-electron chi connectivity index (χ4n) is 3.78. The summed E-state index contributed by atoms with van der Waals surface area (Å²) in [5.41, 5.74) is 5.37. The van der Waals surface area contributed by atoms with Crippen molar-refractivity contribution < 1.29 is 9.53 Å². The summed E-state index contributed by atoms with van der Waals surface area (Å²) in [6.07, 6.45) is 0. The molecule has 148 valence electrons. The van der Waals surface area contributed by atoms with Crippen LogP contribution in [0.3, 0.4) is 0 Å². The number of methoxy groups -OCH3 is 1. The van der Waals surface area contributed by atoms with Gasteiger partial charge in [-0.2, -0.15) is 0 Å². The Bertz CT molecular complexity index is 1170. The van der Waals surface area contributed by atoms with Crippen molar-refractivity contribution in [2.75, 3.05) is 12.4 Å². The minimum atomic E-state index is -0.375. The van der Waals surface area contributed by atoms with E-state index in [-0.39, 0.29) is 12.1 Å². The molecule has 1 saturated heterocycles. The second kappa shape index (κ2) is 7.40. The van der Waals surface area contributed by atoms with Crippen LogP contribution in [-0.4, -0.2) is 19.0 Å². The molecule has 0 unspecified atom stereocenters. The number of hydrogen-bond acceptors (Lipinski definition) is 4. The topological polar surface area (TPSA) is 74.8 Å². The maximum Gasteiger partial charge on any atom is 0.321 e. The van der Waals surface area contributed by atoms with Gasteiger partial charge in [-0.15, -0.1) is 0 Å². The Labute approximate surface area is 174 Å². The van der Waals surface area contributed by atoms with Crippen LogP contribution in [0.5, 0.6) is 5.75 Å². The number of para-hydroxylation sites is 2. The van der Waals surface area contributed by atoms with Crippen molar-refractivity contribution in [3.63, 3.8) is 0 Å². The van der Waals surface area contributed by atoms with Crippen molar-refractivity contribution >= 4 is 28.9 Å². The Balaban J connectivity index is 1.74. The number of carbonyl (C=O) groups excluding carboxylic acids is 1. The number of rotatable bonds is 3. The third-order valence-electron chi connectivity index (χ3n) is 5.23. The van der Waals surface area contributed by atoms with E-state index in [9.17, 15) is 4.79 Å². The van der Waals surface area contributed by atoms with E-state index in [1.807, 2.05) is 78.9 Å². The molecule has 1 fully saturated rings. The number of urea groups is 1. The lowest BCUT2D eigenvalue weighted by molar-refractivity contribution is 0.241. The first-order valence-corrected chi connectivity index (χ1v) is 9.69. The second-order valence-electron chi connectivity index (χ2n) is 7.06. The fraction of sp³-hybridized carbons (Fsp3) is 0.0833. The average molecular weight is 396 g/mol. The molecule has 3 aromatic rings. The van der Waals surface area contributed by atoms with Gasteiger partial charge in [-0.1, -0.05) is 54.6 Å². The van der Waals surface area contributed by atoms with Crippen LogP contribution in [0.1, 0.15) is 17.2 Å². The Hall–Kier alpha value is -4.06. The first-order chi connectivity index (χ1) is 14.7. The van der Waals surface area contributed by atoms with Gasteiger partial charge >= 0.3 is 6.03 Å². The Morgan fingerprint density at radius 3 is 2.37 bits per heavy atom. The number of carbonyl (C=O) groups is 1. The van der Waals surface area contributed by atoms with E-state index < -0.39 is 0 Å². The molecule has 2 aliphatic rings. The normalized spacial score (nSPS) is 17.4. The maximum atomic E-state index is 12.5. The van der Waals surface area contributed by atoms with Crippen molar-refractivity contribution in [1.82, 2.24) is 10.6 Å². The molecule has 0 aromatic heterocycles. The molecule has 0 bridgehead atoms. The Morgan fingerprint density at radius 2 is 1.60 bits per heavy atom. The van der Waals surface area contributed by atoms with Gasteiger partial charge in [0, 0.05) is 5.57 Å². The number of fused-ring (bicyclic) bond motifs is 2. The highest BCUT2D eigenvalue weighted by atomic mass is 16.5. The molecule has 5 rings (SSSR count). The summed E-state index contributed by atoms with van der Waals surface area (Å²) in [4.78, 5) is 17.3. The molecular weight excluding hydrogens is 376 g/mol. The highest BCUT2D eigenvalue weighted by Crippen LogP contribution is 2.39. The highest BCUT2D eigenvalue weighted by Gasteiger charge is 2.34. The molecule has 0 spiro atoms. The monoisotopic (exact) mass is 396 g/mol. The summed E-state index contributed by atoms with van der Waals surface area (Å²) in [6.45, 7) is 0. The lowest BCUT2D eigenvalue weighted by atomic mass is 9.92. The van der Waals surface area contributed by atoms with Crippen LogP contribution >= 0.6 is 0 Å². The van der Waals surface area contributed by atoms with Gasteiger partial charge in [0.1, 0.15) is 11.6 Å². The van der Waals surface area contributed by atoms with Gasteiger partial charge in [0.05, 0.1) is 30.2 Å². The van der Waals surface area contributed by atoms with E-state index in [2.05, 4.69) is 16.0 Å². The number of amidine groups is 1. The second-order valence-corrected chi connectivity index (χ2v) is 7.06. The van der Waals surface area contributed by atoms with E-state index in [0.717, 1.165) is 39.5 Å². The number of benzene rings is 3.